The van der Waals surface area contributed by atoms with Crippen molar-refractivity contribution in [2.75, 3.05) is 51.1 Å². The van der Waals surface area contributed by atoms with Crippen LogP contribution in [-0.4, -0.2) is 80.5 Å². The maximum absolute atomic E-state index is 13.6. The highest BCUT2D eigenvalue weighted by atomic mass is 35.5. The quantitative estimate of drug-likeness (QED) is 0.131. The number of halogens is 6. The highest BCUT2D eigenvalue weighted by molar-refractivity contribution is 6.31. The number of nitrogens with zero attached hydrogens (tertiary/aromatic N) is 2. The molecule has 3 amide bonds. The van der Waals surface area contributed by atoms with Crippen LogP contribution >= 0.6 is 23.2 Å². The minimum atomic E-state index is -4.79. The normalized spacial score (nSPS) is 13.8. The van der Waals surface area contributed by atoms with Gasteiger partial charge in [0.2, 0.25) is 12.8 Å². The number of anilines is 1. The van der Waals surface area contributed by atoms with E-state index >= 15 is 0 Å². The minimum absolute atomic E-state index is 0.0228. The first-order valence-corrected chi connectivity index (χ1v) is 16.1. The molecule has 1 aliphatic heterocycles. The molecule has 1 unspecified atom stereocenters. The van der Waals surface area contributed by atoms with E-state index in [1.807, 2.05) is 43.0 Å². The first kappa shape index (κ1) is 44.1. The number of amides is 3. The SMILES string of the molecule is CC.CC(C)(C)C.CC(CNCc1cc(F)c(Cl)cc1NC=O)c1cccc(Cl)c1.O=CNCCN1CCN(C(=O)C(F)(F)F)CC1. The van der Waals surface area contributed by atoms with Crippen LogP contribution in [0.4, 0.5) is 23.2 Å². The number of benzene rings is 2. The van der Waals surface area contributed by atoms with Crippen molar-refractivity contribution in [1.29, 1.82) is 0 Å². The van der Waals surface area contributed by atoms with Crippen LogP contribution in [0.3, 0.4) is 0 Å². The second kappa shape index (κ2) is 22.6. The monoisotopic (exact) mass is 709 g/mol. The molecular weight excluding hydrogens is 661 g/mol. The Morgan fingerprint density at radius 1 is 0.979 bits per heavy atom. The topological polar surface area (TPSA) is 93.8 Å². The molecule has 0 aliphatic carbocycles. The summed E-state index contributed by atoms with van der Waals surface area (Å²) in [5.41, 5.74) is 2.75. The van der Waals surface area contributed by atoms with E-state index in [-0.39, 0.29) is 24.0 Å². The first-order chi connectivity index (χ1) is 22.0. The van der Waals surface area contributed by atoms with Gasteiger partial charge < -0.3 is 20.9 Å². The van der Waals surface area contributed by atoms with E-state index in [0.29, 0.717) is 73.8 Å². The van der Waals surface area contributed by atoms with Crippen LogP contribution in [0, 0.1) is 11.2 Å². The van der Waals surface area contributed by atoms with Crippen molar-refractivity contribution in [3.63, 3.8) is 0 Å². The van der Waals surface area contributed by atoms with Crippen LogP contribution in [0.1, 0.15) is 65.5 Å². The van der Waals surface area contributed by atoms with Gasteiger partial charge >= 0.3 is 12.1 Å². The number of hydrogen-bond donors (Lipinski definition) is 3. The highest BCUT2D eigenvalue weighted by Gasteiger charge is 2.43. The molecule has 3 rings (SSSR count). The van der Waals surface area contributed by atoms with E-state index in [4.69, 9.17) is 23.2 Å². The van der Waals surface area contributed by atoms with Gasteiger partial charge in [0.25, 0.3) is 0 Å². The number of carbonyl (C=O) groups excluding carboxylic acids is 3. The Hall–Kier alpha value is -2.93. The fourth-order valence-corrected chi connectivity index (χ4v) is 4.28. The van der Waals surface area contributed by atoms with E-state index in [0.717, 1.165) is 10.5 Å². The molecule has 14 heteroatoms. The molecule has 3 N–H and O–H groups in total. The zero-order chi connectivity index (χ0) is 36.2. The lowest BCUT2D eigenvalue weighted by Crippen LogP contribution is -2.53. The van der Waals surface area contributed by atoms with Crippen LogP contribution in [0.15, 0.2) is 36.4 Å². The molecule has 0 spiro atoms. The molecule has 1 aliphatic rings. The van der Waals surface area contributed by atoms with E-state index < -0.39 is 17.9 Å². The van der Waals surface area contributed by atoms with Crippen LogP contribution in [-0.2, 0) is 20.9 Å². The van der Waals surface area contributed by atoms with Gasteiger partial charge in [-0.05, 0) is 46.7 Å². The summed E-state index contributed by atoms with van der Waals surface area (Å²) in [6, 6.07) is 10.4. The summed E-state index contributed by atoms with van der Waals surface area (Å²) in [6.07, 6.45) is -3.67. The molecule has 1 saturated heterocycles. The van der Waals surface area contributed by atoms with Crippen LogP contribution in [0.2, 0.25) is 10.0 Å². The number of carbonyl (C=O) groups is 3. The molecule has 8 nitrogen and oxygen atoms in total. The lowest BCUT2D eigenvalue weighted by molar-refractivity contribution is -0.187. The predicted molar refractivity (Wildman–Crippen MR) is 182 cm³/mol. The Balaban J connectivity index is 0.000000775. The molecule has 0 saturated carbocycles. The maximum atomic E-state index is 13.6. The summed E-state index contributed by atoms with van der Waals surface area (Å²) in [4.78, 5) is 34.3. The molecule has 266 valence electrons. The van der Waals surface area contributed by atoms with Crippen molar-refractivity contribution in [3.8, 4) is 0 Å². The van der Waals surface area contributed by atoms with Gasteiger partial charge in [0.05, 0.1) is 5.02 Å². The Labute approximate surface area is 286 Å². The van der Waals surface area contributed by atoms with Gasteiger partial charge in [-0.1, -0.05) is 83.8 Å². The Bertz CT molecular complexity index is 1220. The van der Waals surface area contributed by atoms with Crippen molar-refractivity contribution in [1.82, 2.24) is 20.4 Å². The van der Waals surface area contributed by atoms with Crippen LogP contribution in [0.5, 0.6) is 0 Å². The second-order valence-electron chi connectivity index (χ2n) is 12.0. The average Bonchev–Trinajstić information content (AvgIpc) is 3.00. The summed E-state index contributed by atoms with van der Waals surface area (Å²) in [5.74, 6) is -2.04. The van der Waals surface area contributed by atoms with Gasteiger partial charge in [-0.2, -0.15) is 13.2 Å². The Kier molecular flexibility index (Phi) is 21.2. The molecule has 1 heterocycles. The molecule has 47 heavy (non-hydrogen) atoms. The van der Waals surface area contributed by atoms with Gasteiger partial charge in [-0.3, -0.25) is 19.3 Å². The molecule has 1 fully saturated rings. The number of piperazine rings is 1. The van der Waals surface area contributed by atoms with Crippen molar-refractivity contribution in [2.24, 2.45) is 5.41 Å². The van der Waals surface area contributed by atoms with Crippen molar-refractivity contribution in [3.05, 3.63) is 63.4 Å². The Morgan fingerprint density at radius 2 is 1.57 bits per heavy atom. The van der Waals surface area contributed by atoms with Gasteiger partial charge in [0, 0.05) is 63.1 Å². The molecule has 0 aromatic heterocycles. The summed E-state index contributed by atoms with van der Waals surface area (Å²) in [5, 5.41) is 8.94. The van der Waals surface area contributed by atoms with Gasteiger partial charge in [0.1, 0.15) is 5.82 Å². The summed E-state index contributed by atoms with van der Waals surface area (Å²) < 4.78 is 50.0. The van der Waals surface area contributed by atoms with Crippen molar-refractivity contribution >= 4 is 47.6 Å². The number of alkyl halides is 3. The smallest absolute Gasteiger partial charge is 0.357 e. The largest absolute Gasteiger partial charge is 0.471 e. The van der Waals surface area contributed by atoms with Gasteiger partial charge in [-0.25, -0.2) is 4.39 Å². The first-order valence-electron chi connectivity index (χ1n) is 15.4. The van der Waals surface area contributed by atoms with E-state index in [1.54, 1.807) is 0 Å². The third-order valence-electron chi connectivity index (χ3n) is 6.10. The van der Waals surface area contributed by atoms with Crippen LogP contribution < -0.4 is 16.0 Å². The van der Waals surface area contributed by atoms with E-state index in [1.165, 1.54) is 12.1 Å². The lowest BCUT2D eigenvalue weighted by atomic mass is 10.0. The number of hydrogen-bond acceptors (Lipinski definition) is 5. The molecule has 2 aromatic rings. The Morgan fingerprint density at radius 3 is 2.09 bits per heavy atom. The zero-order valence-electron chi connectivity index (χ0n) is 28.2. The molecular formula is C33H49Cl2F4N5O3. The minimum Gasteiger partial charge on any atom is -0.357 e. The summed E-state index contributed by atoms with van der Waals surface area (Å²) >= 11 is 11.7. The highest BCUT2D eigenvalue weighted by Crippen LogP contribution is 2.25. The average molecular weight is 711 g/mol. The van der Waals surface area contributed by atoms with Crippen LogP contribution in [0.25, 0.3) is 0 Å². The number of rotatable bonds is 11. The molecule has 2 aromatic carbocycles. The van der Waals surface area contributed by atoms with E-state index in [2.05, 4.69) is 50.6 Å². The summed E-state index contributed by atoms with van der Waals surface area (Å²) in [7, 11) is 0. The zero-order valence-corrected chi connectivity index (χ0v) is 29.8. The van der Waals surface area contributed by atoms with Gasteiger partial charge in [0.15, 0.2) is 0 Å². The standard InChI is InChI=1S/C17H17Cl2FN2O.C9H14F3N3O2.C5H12.C2H6/c1-11(12-3-2-4-14(18)5-12)8-21-9-13-6-16(20)15(19)7-17(13)22-10-23;10-9(11,12)8(17)15-5-3-14(4-6-15)2-1-13-7-16;1-5(2,3)4;1-2/h2-7,10-11,21H,8-9H2,1H3,(H,22,23);7H,1-6H2,(H,13,16);1-4H3;1-2H3. The lowest BCUT2D eigenvalue weighted by Gasteiger charge is -2.34. The van der Waals surface area contributed by atoms with Gasteiger partial charge in [-0.15, -0.1) is 0 Å². The third kappa shape index (κ3) is 19.5. The molecule has 0 radical (unpaired) electrons. The molecule has 1 atom stereocenters. The fourth-order valence-electron chi connectivity index (χ4n) is 3.92. The van der Waals surface area contributed by atoms with Crippen molar-refractivity contribution < 1.29 is 31.9 Å². The third-order valence-corrected chi connectivity index (χ3v) is 6.63. The van der Waals surface area contributed by atoms with Crippen molar-refractivity contribution in [2.45, 2.75) is 67.1 Å². The predicted octanol–water partition coefficient (Wildman–Crippen LogP) is 7.11. The second-order valence-corrected chi connectivity index (χ2v) is 12.8. The maximum Gasteiger partial charge on any atom is 0.471 e. The fraction of sp³-hybridized carbons (Fsp3) is 0.545. The summed E-state index contributed by atoms with van der Waals surface area (Å²) in [6.45, 7) is 17.9. The van der Waals surface area contributed by atoms with E-state index in [9.17, 15) is 31.9 Å². The molecule has 0 bridgehead atoms. The number of nitrogens with one attached hydrogen (secondary N) is 3.